The predicted octanol–water partition coefficient (Wildman–Crippen LogP) is 1.42. The second-order valence-electron chi connectivity index (χ2n) is 2.96. The van der Waals surface area contributed by atoms with Gasteiger partial charge < -0.3 is 15.6 Å². The minimum Gasteiger partial charge on any atom is -0.496 e. The normalized spacial score (nSPS) is 11.7. The SMILES string of the molecule is COc1cccc(C(N)CO)c1C.Cl. The zero-order valence-corrected chi connectivity index (χ0v) is 9.17. The lowest BCUT2D eigenvalue weighted by Gasteiger charge is -2.14. The van der Waals surface area contributed by atoms with Crippen LogP contribution < -0.4 is 10.5 Å². The summed E-state index contributed by atoms with van der Waals surface area (Å²) in [5.74, 6) is 0.807. The van der Waals surface area contributed by atoms with Crippen LogP contribution in [0.25, 0.3) is 0 Å². The van der Waals surface area contributed by atoms with E-state index in [1.54, 1.807) is 7.11 Å². The summed E-state index contributed by atoms with van der Waals surface area (Å²) < 4.78 is 5.14. The van der Waals surface area contributed by atoms with Crippen LogP contribution in [0.5, 0.6) is 5.75 Å². The molecular formula is C10H16ClNO2. The molecule has 0 fully saturated rings. The van der Waals surface area contributed by atoms with Crippen LogP contribution in [0.2, 0.25) is 0 Å². The van der Waals surface area contributed by atoms with Crippen molar-refractivity contribution in [2.45, 2.75) is 13.0 Å². The molecule has 0 bridgehead atoms. The van der Waals surface area contributed by atoms with Crippen molar-refractivity contribution in [3.8, 4) is 5.75 Å². The van der Waals surface area contributed by atoms with E-state index < -0.39 is 0 Å². The number of methoxy groups -OCH3 is 1. The fourth-order valence-corrected chi connectivity index (χ4v) is 1.35. The molecule has 0 spiro atoms. The second kappa shape index (κ2) is 5.86. The van der Waals surface area contributed by atoms with E-state index in [0.717, 1.165) is 16.9 Å². The van der Waals surface area contributed by atoms with Crippen molar-refractivity contribution in [1.82, 2.24) is 0 Å². The highest BCUT2D eigenvalue weighted by atomic mass is 35.5. The zero-order valence-electron chi connectivity index (χ0n) is 8.36. The molecule has 0 amide bonds. The first kappa shape index (κ1) is 13.2. The van der Waals surface area contributed by atoms with Gasteiger partial charge >= 0.3 is 0 Å². The fourth-order valence-electron chi connectivity index (χ4n) is 1.35. The summed E-state index contributed by atoms with van der Waals surface area (Å²) in [5, 5.41) is 8.91. The lowest BCUT2D eigenvalue weighted by Crippen LogP contribution is -2.15. The lowest BCUT2D eigenvalue weighted by atomic mass is 10.0. The third-order valence-corrected chi connectivity index (χ3v) is 2.14. The van der Waals surface area contributed by atoms with Crippen LogP contribution in [0.15, 0.2) is 18.2 Å². The molecule has 0 aliphatic rings. The Bertz CT molecular complexity index is 291. The quantitative estimate of drug-likeness (QED) is 0.805. The number of nitrogens with two attached hydrogens (primary N) is 1. The summed E-state index contributed by atoms with van der Waals surface area (Å²) in [6, 6.07) is 5.33. The Hall–Kier alpha value is -0.770. The molecule has 80 valence electrons. The van der Waals surface area contributed by atoms with Crippen molar-refractivity contribution in [2.75, 3.05) is 13.7 Å². The highest BCUT2D eigenvalue weighted by Gasteiger charge is 2.09. The Morgan fingerprint density at radius 3 is 2.64 bits per heavy atom. The molecule has 0 radical (unpaired) electrons. The van der Waals surface area contributed by atoms with Crippen LogP contribution >= 0.6 is 12.4 Å². The van der Waals surface area contributed by atoms with Crippen molar-refractivity contribution in [3.05, 3.63) is 29.3 Å². The Kier molecular flexibility index (Phi) is 5.53. The molecule has 0 saturated heterocycles. The molecule has 1 aromatic carbocycles. The number of benzene rings is 1. The molecule has 1 aromatic rings. The van der Waals surface area contributed by atoms with E-state index in [-0.39, 0.29) is 25.1 Å². The average molecular weight is 218 g/mol. The molecule has 0 saturated carbocycles. The first-order chi connectivity index (χ1) is 6.20. The molecule has 0 heterocycles. The van der Waals surface area contributed by atoms with Gasteiger partial charge in [-0.3, -0.25) is 0 Å². The van der Waals surface area contributed by atoms with E-state index in [2.05, 4.69) is 0 Å². The van der Waals surface area contributed by atoms with Gasteiger partial charge in [0.25, 0.3) is 0 Å². The maximum absolute atomic E-state index is 8.91. The van der Waals surface area contributed by atoms with Crippen LogP contribution in [0.4, 0.5) is 0 Å². The molecule has 1 rings (SSSR count). The van der Waals surface area contributed by atoms with Gasteiger partial charge in [-0.15, -0.1) is 12.4 Å². The second-order valence-corrected chi connectivity index (χ2v) is 2.96. The monoisotopic (exact) mass is 217 g/mol. The Balaban J connectivity index is 0.00000169. The largest absolute Gasteiger partial charge is 0.496 e. The van der Waals surface area contributed by atoms with E-state index >= 15 is 0 Å². The van der Waals surface area contributed by atoms with Crippen LogP contribution in [-0.4, -0.2) is 18.8 Å². The Labute approximate surface area is 90.3 Å². The lowest BCUT2D eigenvalue weighted by molar-refractivity contribution is 0.267. The molecule has 0 aromatic heterocycles. The Morgan fingerprint density at radius 1 is 1.50 bits per heavy atom. The summed E-state index contributed by atoms with van der Waals surface area (Å²) in [6.45, 7) is 1.89. The van der Waals surface area contributed by atoms with Crippen molar-refractivity contribution in [3.63, 3.8) is 0 Å². The minimum absolute atomic E-state index is 0. The number of aliphatic hydroxyl groups excluding tert-OH is 1. The molecule has 1 atom stereocenters. The minimum atomic E-state index is -0.324. The predicted molar refractivity (Wildman–Crippen MR) is 59.0 cm³/mol. The molecule has 3 N–H and O–H groups in total. The van der Waals surface area contributed by atoms with Crippen LogP contribution in [0.3, 0.4) is 0 Å². The van der Waals surface area contributed by atoms with Gasteiger partial charge in [0.1, 0.15) is 5.75 Å². The van der Waals surface area contributed by atoms with Crippen LogP contribution in [0.1, 0.15) is 17.2 Å². The first-order valence-corrected chi connectivity index (χ1v) is 4.20. The van der Waals surface area contributed by atoms with Gasteiger partial charge in [0.15, 0.2) is 0 Å². The molecule has 0 aliphatic carbocycles. The van der Waals surface area contributed by atoms with Gasteiger partial charge in [-0.05, 0) is 24.1 Å². The third-order valence-electron chi connectivity index (χ3n) is 2.14. The van der Waals surface area contributed by atoms with E-state index in [1.165, 1.54) is 0 Å². The van der Waals surface area contributed by atoms with Crippen molar-refractivity contribution in [1.29, 1.82) is 0 Å². The van der Waals surface area contributed by atoms with Gasteiger partial charge in [-0.25, -0.2) is 0 Å². The van der Waals surface area contributed by atoms with E-state index in [9.17, 15) is 0 Å². The molecule has 14 heavy (non-hydrogen) atoms. The smallest absolute Gasteiger partial charge is 0.122 e. The molecule has 1 unspecified atom stereocenters. The topological polar surface area (TPSA) is 55.5 Å². The molecule has 4 heteroatoms. The summed E-state index contributed by atoms with van der Waals surface area (Å²) in [6.07, 6.45) is 0. The summed E-state index contributed by atoms with van der Waals surface area (Å²) >= 11 is 0. The third kappa shape index (κ3) is 2.61. The van der Waals surface area contributed by atoms with Gasteiger partial charge in [0.05, 0.1) is 19.8 Å². The van der Waals surface area contributed by atoms with Crippen LogP contribution in [-0.2, 0) is 0 Å². The number of hydrogen-bond acceptors (Lipinski definition) is 3. The van der Waals surface area contributed by atoms with Crippen molar-refractivity contribution >= 4 is 12.4 Å². The summed E-state index contributed by atoms with van der Waals surface area (Å²) in [5.41, 5.74) is 7.64. The zero-order chi connectivity index (χ0) is 9.84. The molecule has 3 nitrogen and oxygen atoms in total. The number of rotatable bonds is 3. The Morgan fingerprint density at radius 2 is 2.14 bits per heavy atom. The van der Waals surface area contributed by atoms with E-state index in [1.807, 2.05) is 25.1 Å². The molecular weight excluding hydrogens is 202 g/mol. The van der Waals surface area contributed by atoms with E-state index in [0.29, 0.717) is 0 Å². The number of hydrogen-bond donors (Lipinski definition) is 2. The van der Waals surface area contributed by atoms with Gasteiger partial charge in [-0.1, -0.05) is 12.1 Å². The fraction of sp³-hybridized carbons (Fsp3) is 0.400. The first-order valence-electron chi connectivity index (χ1n) is 4.20. The van der Waals surface area contributed by atoms with Gasteiger partial charge in [0, 0.05) is 0 Å². The van der Waals surface area contributed by atoms with Crippen molar-refractivity contribution in [2.24, 2.45) is 5.73 Å². The molecule has 0 aliphatic heterocycles. The summed E-state index contributed by atoms with van der Waals surface area (Å²) in [4.78, 5) is 0. The maximum Gasteiger partial charge on any atom is 0.122 e. The standard InChI is InChI=1S/C10H15NO2.ClH/c1-7-8(9(11)6-12)4-3-5-10(7)13-2;/h3-5,9,12H,6,11H2,1-2H3;1H. The number of halogens is 1. The van der Waals surface area contributed by atoms with Gasteiger partial charge in [-0.2, -0.15) is 0 Å². The van der Waals surface area contributed by atoms with Crippen LogP contribution in [0, 0.1) is 6.92 Å². The highest BCUT2D eigenvalue weighted by molar-refractivity contribution is 5.85. The van der Waals surface area contributed by atoms with E-state index in [4.69, 9.17) is 15.6 Å². The van der Waals surface area contributed by atoms with Crippen molar-refractivity contribution < 1.29 is 9.84 Å². The van der Waals surface area contributed by atoms with Gasteiger partial charge in [0.2, 0.25) is 0 Å². The number of aliphatic hydroxyl groups is 1. The highest BCUT2D eigenvalue weighted by Crippen LogP contribution is 2.24. The summed E-state index contributed by atoms with van der Waals surface area (Å²) in [7, 11) is 1.62. The maximum atomic E-state index is 8.91. The number of ether oxygens (including phenoxy) is 1. The average Bonchev–Trinajstić information content (AvgIpc) is 2.17.